The highest BCUT2D eigenvalue weighted by atomic mass is 32.2. The lowest BCUT2D eigenvalue weighted by molar-refractivity contribution is -0.274. The van der Waals surface area contributed by atoms with Gasteiger partial charge < -0.3 is 25.4 Å². The minimum Gasteiger partial charge on any atom is -0.444 e. The Kier molecular flexibility index (Phi) is 12.3. The van der Waals surface area contributed by atoms with Crippen molar-refractivity contribution in [3.05, 3.63) is 59.7 Å². The minimum atomic E-state index is -4.92. The maximum atomic E-state index is 13.7. The van der Waals surface area contributed by atoms with Gasteiger partial charge in [0, 0.05) is 25.7 Å². The number of alkyl halides is 3. The van der Waals surface area contributed by atoms with Crippen LogP contribution in [-0.4, -0.2) is 68.4 Å². The highest BCUT2D eigenvalue weighted by Gasteiger charge is 2.41. The lowest BCUT2D eigenvalue weighted by Gasteiger charge is -2.38. The standard InChI is InChI=1S/C31H43F3N4O6S/c1-21(2)23-9-7-22(8-10-23)20-37-28(39)27-19-24(35-16-6-17-36-29(40)44-30(3,4)5)15-18-38(27)45(41,42)26-13-11-25(12-14-26)43-31(32,33)34/h7-14,21,24,27,35H,6,15-20H2,1-5H3,(H,36,40)(H,37,39)/t24-,27-/m1/s1. The maximum absolute atomic E-state index is 13.7. The molecule has 45 heavy (non-hydrogen) atoms. The number of piperidine rings is 1. The average Bonchev–Trinajstić information content (AvgIpc) is 2.94. The fraction of sp³-hybridized carbons (Fsp3) is 0.548. The van der Waals surface area contributed by atoms with E-state index in [0.29, 0.717) is 31.8 Å². The van der Waals surface area contributed by atoms with E-state index < -0.39 is 45.8 Å². The summed E-state index contributed by atoms with van der Waals surface area (Å²) in [5.74, 6) is -0.689. The predicted octanol–water partition coefficient (Wildman–Crippen LogP) is 5.05. The molecular formula is C31H43F3N4O6S. The van der Waals surface area contributed by atoms with Gasteiger partial charge in [0.2, 0.25) is 15.9 Å². The second kappa shape index (κ2) is 15.3. The van der Waals surface area contributed by atoms with Gasteiger partial charge in [0.05, 0.1) is 4.90 Å². The number of hydrogen-bond acceptors (Lipinski definition) is 7. The number of nitrogens with one attached hydrogen (secondary N) is 3. The molecule has 2 aromatic rings. The molecule has 1 saturated heterocycles. The van der Waals surface area contributed by atoms with Crippen molar-refractivity contribution >= 4 is 22.0 Å². The highest BCUT2D eigenvalue weighted by molar-refractivity contribution is 7.89. The number of halogens is 3. The molecule has 250 valence electrons. The Balaban J connectivity index is 1.69. The number of sulfonamides is 1. The second-order valence-electron chi connectivity index (χ2n) is 12.2. The van der Waals surface area contributed by atoms with Crippen LogP contribution in [0.25, 0.3) is 0 Å². The van der Waals surface area contributed by atoms with Crippen molar-refractivity contribution in [2.45, 2.75) is 95.3 Å². The molecular weight excluding hydrogens is 613 g/mol. The number of hydrogen-bond donors (Lipinski definition) is 3. The van der Waals surface area contributed by atoms with Crippen molar-refractivity contribution < 1.29 is 40.7 Å². The monoisotopic (exact) mass is 656 g/mol. The van der Waals surface area contributed by atoms with Gasteiger partial charge in [-0.3, -0.25) is 4.79 Å². The molecule has 3 N–H and O–H groups in total. The first-order valence-corrected chi connectivity index (χ1v) is 16.3. The highest BCUT2D eigenvalue weighted by Crippen LogP contribution is 2.29. The Labute approximate surface area is 263 Å². The van der Waals surface area contributed by atoms with Gasteiger partial charge in [0.25, 0.3) is 0 Å². The smallest absolute Gasteiger partial charge is 0.444 e. The molecule has 0 aromatic heterocycles. The molecule has 0 bridgehead atoms. The average molecular weight is 657 g/mol. The molecule has 2 aromatic carbocycles. The van der Waals surface area contributed by atoms with Crippen molar-refractivity contribution in [2.75, 3.05) is 19.6 Å². The number of rotatable bonds is 12. The number of benzene rings is 2. The molecule has 1 aliphatic rings. The summed E-state index contributed by atoms with van der Waals surface area (Å²) < 4.78 is 75.3. The molecule has 10 nitrogen and oxygen atoms in total. The number of carbonyl (C=O) groups is 2. The third-order valence-electron chi connectivity index (χ3n) is 7.09. The topological polar surface area (TPSA) is 126 Å². The van der Waals surface area contributed by atoms with Gasteiger partial charge >= 0.3 is 12.5 Å². The van der Waals surface area contributed by atoms with E-state index in [2.05, 4.69) is 34.5 Å². The van der Waals surface area contributed by atoms with Crippen LogP contribution in [0.2, 0.25) is 0 Å². The van der Waals surface area contributed by atoms with E-state index in [9.17, 15) is 31.2 Å². The molecule has 0 spiro atoms. The van der Waals surface area contributed by atoms with Crippen molar-refractivity contribution in [3.8, 4) is 5.75 Å². The molecule has 1 heterocycles. The summed E-state index contributed by atoms with van der Waals surface area (Å²) in [6.45, 7) is 10.5. The lowest BCUT2D eigenvalue weighted by atomic mass is 9.98. The van der Waals surface area contributed by atoms with Crippen molar-refractivity contribution in [3.63, 3.8) is 0 Å². The molecule has 2 atom stereocenters. The molecule has 0 unspecified atom stereocenters. The van der Waals surface area contributed by atoms with Gasteiger partial charge in [-0.2, -0.15) is 4.31 Å². The van der Waals surface area contributed by atoms with Gasteiger partial charge in [-0.25, -0.2) is 13.2 Å². The Bertz CT molecular complexity index is 1380. The van der Waals surface area contributed by atoms with Crippen molar-refractivity contribution in [1.82, 2.24) is 20.3 Å². The van der Waals surface area contributed by atoms with Crippen LogP contribution < -0.4 is 20.7 Å². The molecule has 0 aliphatic carbocycles. The Morgan fingerprint density at radius 2 is 1.62 bits per heavy atom. The first-order valence-electron chi connectivity index (χ1n) is 14.9. The summed E-state index contributed by atoms with van der Waals surface area (Å²) in [6.07, 6.45) is -4.29. The summed E-state index contributed by atoms with van der Waals surface area (Å²) in [5.41, 5.74) is 1.39. The van der Waals surface area contributed by atoms with E-state index in [0.717, 1.165) is 39.7 Å². The molecule has 2 amide bonds. The number of carbonyl (C=O) groups excluding carboxylic acids is 2. The molecule has 1 aliphatic heterocycles. The summed E-state index contributed by atoms with van der Waals surface area (Å²) >= 11 is 0. The first kappa shape index (κ1) is 36.1. The third-order valence-corrected chi connectivity index (χ3v) is 9.01. The van der Waals surface area contributed by atoms with E-state index >= 15 is 0 Å². The van der Waals surface area contributed by atoms with Gasteiger partial charge in [-0.05, 0) is 87.9 Å². The Morgan fingerprint density at radius 3 is 2.20 bits per heavy atom. The Hall–Kier alpha value is -3.36. The maximum Gasteiger partial charge on any atom is 0.573 e. The lowest BCUT2D eigenvalue weighted by Crippen LogP contribution is -2.56. The van der Waals surface area contributed by atoms with E-state index in [4.69, 9.17) is 4.74 Å². The second-order valence-corrected chi connectivity index (χ2v) is 14.1. The normalized spacial score (nSPS) is 18.0. The van der Waals surface area contributed by atoms with Crippen LogP contribution in [0.3, 0.4) is 0 Å². The predicted molar refractivity (Wildman–Crippen MR) is 163 cm³/mol. The zero-order chi connectivity index (χ0) is 33.4. The van der Waals surface area contributed by atoms with Crippen LogP contribution in [0.1, 0.15) is 70.9 Å². The number of amides is 2. The summed E-state index contributed by atoms with van der Waals surface area (Å²) in [6, 6.07) is 10.4. The van der Waals surface area contributed by atoms with Crippen LogP contribution in [0.4, 0.5) is 18.0 Å². The zero-order valence-electron chi connectivity index (χ0n) is 26.2. The molecule has 3 rings (SSSR count). The van der Waals surface area contributed by atoms with Crippen LogP contribution in [0.5, 0.6) is 5.75 Å². The van der Waals surface area contributed by atoms with Crippen molar-refractivity contribution in [1.29, 1.82) is 0 Å². The van der Waals surface area contributed by atoms with E-state index in [-0.39, 0.29) is 30.4 Å². The van der Waals surface area contributed by atoms with E-state index in [1.54, 1.807) is 20.8 Å². The van der Waals surface area contributed by atoms with Gasteiger partial charge in [-0.15, -0.1) is 13.2 Å². The molecule has 0 saturated carbocycles. The Morgan fingerprint density at radius 1 is 0.978 bits per heavy atom. The quantitative estimate of drug-likeness (QED) is 0.273. The molecule has 0 radical (unpaired) electrons. The zero-order valence-corrected chi connectivity index (χ0v) is 27.1. The molecule has 1 fully saturated rings. The first-order chi connectivity index (χ1) is 20.9. The van der Waals surface area contributed by atoms with Gasteiger partial charge in [-0.1, -0.05) is 38.1 Å². The van der Waals surface area contributed by atoms with Crippen LogP contribution >= 0.6 is 0 Å². The van der Waals surface area contributed by atoms with Gasteiger partial charge in [0.1, 0.15) is 17.4 Å². The number of ether oxygens (including phenoxy) is 2. The minimum absolute atomic E-state index is 0.0120. The summed E-state index contributed by atoms with van der Waals surface area (Å²) in [4.78, 5) is 25.1. The third kappa shape index (κ3) is 11.5. The number of nitrogens with zero attached hydrogens (tertiary/aromatic N) is 1. The fourth-order valence-electron chi connectivity index (χ4n) is 4.83. The fourth-order valence-corrected chi connectivity index (χ4v) is 6.44. The number of alkyl carbamates (subject to hydrolysis) is 1. The molecule has 14 heteroatoms. The summed E-state index contributed by atoms with van der Waals surface area (Å²) in [7, 11) is -4.25. The summed E-state index contributed by atoms with van der Waals surface area (Å²) in [5, 5.41) is 8.88. The van der Waals surface area contributed by atoms with Crippen molar-refractivity contribution in [2.24, 2.45) is 0 Å². The van der Waals surface area contributed by atoms with Crippen LogP contribution in [-0.2, 0) is 26.1 Å². The van der Waals surface area contributed by atoms with E-state index in [1.807, 2.05) is 24.3 Å². The van der Waals surface area contributed by atoms with E-state index in [1.165, 1.54) is 0 Å². The van der Waals surface area contributed by atoms with Gasteiger partial charge in [0.15, 0.2) is 0 Å². The van der Waals surface area contributed by atoms with Crippen LogP contribution in [0, 0.1) is 0 Å². The SMILES string of the molecule is CC(C)c1ccc(CNC(=O)[C@H]2C[C@H](NCCCNC(=O)OC(C)(C)C)CCN2S(=O)(=O)c2ccc(OC(F)(F)F)cc2)cc1. The largest absolute Gasteiger partial charge is 0.573 e. The van der Waals surface area contributed by atoms with Crippen LogP contribution in [0.15, 0.2) is 53.4 Å².